The highest BCUT2D eigenvalue weighted by atomic mass is 35.5. The fraction of sp³-hybridized carbons (Fsp3) is 0.516. The topological polar surface area (TPSA) is 98.7 Å². The summed E-state index contributed by atoms with van der Waals surface area (Å²) in [5.41, 5.74) is 2.33. The Hall–Kier alpha value is -2.55. The van der Waals surface area contributed by atoms with Crippen LogP contribution in [0.1, 0.15) is 44.7 Å². The first-order chi connectivity index (χ1) is 19.1. The summed E-state index contributed by atoms with van der Waals surface area (Å²) in [6.07, 6.45) is 1.48. The molecule has 2 aromatic rings. The van der Waals surface area contributed by atoms with Gasteiger partial charge in [-0.05, 0) is 42.4 Å². The van der Waals surface area contributed by atoms with Crippen molar-refractivity contribution in [1.82, 2.24) is 10.2 Å². The molecule has 3 N–H and O–H groups in total. The van der Waals surface area contributed by atoms with Gasteiger partial charge in [-0.2, -0.15) is 0 Å². The number of nitrogens with zero attached hydrogens (tertiary/aromatic N) is 1. The van der Waals surface area contributed by atoms with Gasteiger partial charge in [0.2, 0.25) is 17.7 Å². The molecule has 2 aromatic carbocycles. The zero-order valence-corrected chi connectivity index (χ0v) is 25.0. The molecule has 3 aliphatic heterocycles. The lowest BCUT2D eigenvalue weighted by molar-refractivity contribution is -0.143. The Labute approximate surface area is 245 Å². The van der Waals surface area contributed by atoms with E-state index in [4.69, 9.17) is 11.6 Å². The molecule has 40 heavy (non-hydrogen) atoms. The average molecular weight is 584 g/mol. The number of aliphatic hydroxyl groups excluding tert-OH is 1. The molecule has 8 atom stereocenters. The summed E-state index contributed by atoms with van der Waals surface area (Å²) >= 11 is 8.11. The van der Waals surface area contributed by atoms with Gasteiger partial charge in [0.15, 0.2) is 0 Å². The predicted octanol–water partition coefficient (Wildman–Crippen LogP) is 4.65. The number of aryl methyl sites for hydroxylation is 1. The Morgan fingerprint density at radius 3 is 2.55 bits per heavy atom. The summed E-state index contributed by atoms with van der Waals surface area (Å²) in [7, 11) is 0. The summed E-state index contributed by atoms with van der Waals surface area (Å²) in [5.74, 6) is -1.89. The minimum Gasteiger partial charge on any atom is -0.394 e. The molecule has 0 aliphatic carbocycles. The molecular weight excluding hydrogens is 546 g/mol. The molecule has 3 saturated heterocycles. The van der Waals surface area contributed by atoms with Crippen LogP contribution in [0.2, 0.25) is 5.02 Å². The minimum absolute atomic E-state index is 0.0268. The molecule has 9 heteroatoms. The lowest BCUT2D eigenvalue weighted by Gasteiger charge is -2.41. The number of nitrogens with one attached hydrogen (secondary N) is 2. The smallest absolute Gasteiger partial charge is 0.248 e. The van der Waals surface area contributed by atoms with Gasteiger partial charge in [0, 0.05) is 11.8 Å². The van der Waals surface area contributed by atoms with E-state index in [1.807, 2.05) is 63.2 Å². The van der Waals surface area contributed by atoms with Crippen molar-refractivity contribution >= 4 is 46.8 Å². The van der Waals surface area contributed by atoms with E-state index < -0.39 is 28.7 Å². The number of aliphatic hydroxyl groups is 1. The highest BCUT2D eigenvalue weighted by Crippen LogP contribution is 2.69. The molecule has 1 spiro atoms. The van der Waals surface area contributed by atoms with Gasteiger partial charge in [-0.15, -0.1) is 11.8 Å². The molecule has 3 unspecified atom stereocenters. The number of thioether (sulfide) groups is 1. The van der Waals surface area contributed by atoms with E-state index >= 15 is 0 Å². The number of likely N-dealkylation sites (tertiary alicyclic amines) is 1. The number of hydrogen-bond donors (Lipinski definition) is 3. The van der Waals surface area contributed by atoms with Gasteiger partial charge in [0.05, 0.1) is 39.9 Å². The van der Waals surface area contributed by atoms with Crippen LogP contribution in [0.15, 0.2) is 48.5 Å². The normalized spacial score (nSPS) is 30.2. The number of benzene rings is 2. The van der Waals surface area contributed by atoms with E-state index in [-0.39, 0.29) is 41.4 Å². The Morgan fingerprint density at radius 2 is 1.90 bits per heavy atom. The average Bonchev–Trinajstić information content (AvgIpc) is 3.54. The van der Waals surface area contributed by atoms with Crippen LogP contribution in [0.4, 0.5) is 5.69 Å². The molecule has 3 aliphatic rings. The second kappa shape index (κ2) is 11.4. The highest BCUT2D eigenvalue weighted by Gasteiger charge is 2.76. The number of rotatable bonds is 9. The maximum Gasteiger partial charge on any atom is 0.248 e. The fourth-order valence-electron chi connectivity index (χ4n) is 7.12. The number of amides is 3. The van der Waals surface area contributed by atoms with E-state index in [1.165, 1.54) is 0 Å². The summed E-state index contributed by atoms with van der Waals surface area (Å²) in [4.78, 5) is 44.1. The second-order valence-corrected chi connectivity index (χ2v) is 13.5. The first kappa shape index (κ1) is 29.0. The molecule has 2 bridgehead atoms. The van der Waals surface area contributed by atoms with E-state index in [1.54, 1.807) is 22.7 Å². The third-order valence-corrected chi connectivity index (χ3v) is 11.8. The molecule has 0 radical (unpaired) electrons. The minimum atomic E-state index is -0.844. The molecule has 3 fully saturated rings. The Balaban J connectivity index is 1.53. The lowest BCUT2D eigenvalue weighted by atomic mass is 9.66. The molecule has 3 heterocycles. The Morgan fingerprint density at radius 1 is 1.18 bits per heavy atom. The van der Waals surface area contributed by atoms with Crippen molar-refractivity contribution in [2.75, 3.05) is 11.9 Å². The van der Waals surface area contributed by atoms with Crippen molar-refractivity contribution in [2.24, 2.45) is 23.7 Å². The maximum atomic E-state index is 14.4. The number of fused-ring (bicyclic) bond motifs is 1. The van der Waals surface area contributed by atoms with Gasteiger partial charge >= 0.3 is 0 Å². The standard InChI is InChI=1S/C31H38ClN3O4S/c1-5-17(2)22(16-36)35-27(29(38)34-26-18(3)10-9-13-21(26)32)31-19(4)14-23(40-31)24(25(31)30(35)39)28(37)33-15-20-11-7-6-8-12-20/h6-13,17,19,22-25,27,36H,5,14-16H2,1-4H3,(H,33,37)(H,34,38)/t17-,19?,22-,23+,24-,25-,27?,31?/m0/s1. The second-order valence-electron chi connectivity index (χ2n) is 11.6. The third-order valence-electron chi connectivity index (χ3n) is 9.36. The molecule has 3 amide bonds. The summed E-state index contributed by atoms with van der Waals surface area (Å²) in [6.45, 7) is 8.09. The van der Waals surface area contributed by atoms with Crippen LogP contribution in [-0.2, 0) is 20.9 Å². The van der Waals surface area contributed by atoms with Gasteiger partial charge in [0.25, 0.3) is 0 Å². The van der Waals surface area contributed by atoms with Crippen LogP contribution >= 0.6 is 23.4 Å². The third kappa shape index (κ3) is 4.62. The van der Waals surface area contributed by atoms with Crippen LogP contribution in [0.25, 0.3) is 0 Å². The number of anilines is 1. The zero-order chi connectivity index (χ0) is 28.8. The van der Waals surface area contributed by atoms with Crippen LogP contribution < -0.4 is 10.6 Å². The summed E-state index contributed by atoms with van der Waals surface area (Å²) < 4.78 is -0.781. The Kier molecular flexibility index (Phi) is 8.24. The van der Waals surface area contributed by atoms with Crippen molar-refractivity contribution in [1.29, 1.82) is 0 Å². The largest absolute Gasteiger partial charge is 0.394 e. The van der Waals surface area contributed by atoms with E-state index in [9.17, 15) is 19.5 Å². The van der Waals surface area contributed by atoms with Crippen LogP contribution in [0, 0.1) is 30.6 Å². The molecule has 214 valence electrons. The van der Waals surface area contributed by atoms with Crippen molar-refractivity contribution < 1.29 is 19.5 Å². The zero-order valence-electron chi connectivity index (χ0n) is 23.4. The monoisotopic (exact) mass is 583 g/mol. The van der Waals surface area contributed by atoms with Crippen molar-refractivity contribution in [3.05, 3.63) is 64.7 Å². The molecule has 0 saturated carbocycles. The molecule has 7 nitrogen and oxygen atoms in total. The van der Waals surface area contributed by atoms with Gasteiger partial charge in [-0.25, -0.2) is 0 Å². The summed E-state index contributed by atoms with van der Waals surface area (Å²) in [5, 5.41) is 17.0. The van der Waals surface area contributed by atoms with E-state index in [2.05, 4.69) is 17.6 Å². The maximum absolute atomic E-state index is 14.4. The number of halogens is 1. The lowest BCUT2D eigenvalue weighted by Crippen LogP contribution is -2.58. The number of hydrogen-bond acceptors (Lipinski definition) is 5. The quantitative estimate of drug-likeness (QED) is 0.399. The van der Waals surface area contributed by atoms with Crippen LogP contribution in [-0.4, -0.2) is 56.4 Å². The molecule has 0 aromatic heterocycles. The van der Waals surface area contributed by atoms with Gasteiger partial charge < -0.3 is 20.6 Å². The number of carbonyl (C=O) groups excluding carboxylic acids is 3. The van der Waals surface area contributed by atoms with Gasteiger partial charge in [0.1, 0.15) is 6.04 Å². The Bertz CT molecular complexity index is 1270. The van der Waals surface area contributed by atoms with Crippen molar-refractivity contribution in [2.45, 2.75) is 69.2 Å². The van der Waals surface area contributed by atoms with E-state index in [0.717, 1.165) is 24.0 Å². The fourth-order valence-corrected chi connectivity index (χ4v) is 9.79. The van der Waals surface area contributed by atoms with Crippen LogP contribution in [0.5, 0.6) is 0 Å². The van der Waals surface area contributed by atoms with Gasteiger partial charge in [-0.1, -0.05) is 81.3 Å². The molecule has 5 rings (SSSR count). The number of carbonyl (C=O) groups is 3. The molecular formula is C31H38ClN3O4S. The number of para-hydroxylation sites is 1. The van der Waals surface area contributed by atoms with E-state index in [0.29, 0.717) is 17.3 Å². The van der Waals surface area contributed by atoms with Crippen LogP contribution in [0.3, 0.4) is 0 Å². The van der Waals surface area contributed by atoms with Gasteiger partial charge in [-0.3, -0.25) is 14.4 Å². The van der Waals surface area contributed by atoms with Crippen molar-refractivity contribution in [3.8, 4) is 0 Å². The highest BCUT2D eigenvalue weighted by molar-refractivity contribution is 8.02. The SMILES string of the molecule is CC[C@H](C)[C@H](CO)N1C(=O)[C@@H]2[C@@H](C(=O)NCc3ccccc3)[C@H]3CC(C)C2(S3)C1C(=O)Nc1c(C)cccc1Cl. The predicted molar refractivity (Wildman–Crippen MR) is 159 cm³/mol. The summed E-state index contributed by atoms with van der Waals surface area (Å²) in [6, 6.07) is 13.7. The first-order valence-electron chi connectivity index (χ1n) is 14.1. The van der Waals surface area contributed by atoms with Crippen molar-refractivity contribution in [3.63, 3.8) is 0 Å². The first-order valence-corrected chi connectivity index (χ1v) is 15.4.